The van der Waals surface area contributed by atoms with Crippen molar-refractivity contribution in [2.75, 3.05) is 6.61 Å². The molecule has 0 aromatic heterocycles. The van der Waals surface area contributed by atoms with Crippen LogP contribution >= 0.6 is 11.6 Å². The van der Waals surface area contributed by atoms with Crippen molar-refractivity contribution in [1.82, 2.24) is 0 Å². The number of rotatable bonds is 4. The minimum atomic E-state index is -0.591. The Balaban J connectivity index is 2.58. The highest BCUT2D eigenvalue weighted by atomic mass is 35.5. The molecule has 0 saturated heterocycles. The maximum absolute atomic E-state index is 11.3. The number of hydrogen-bond acceptors (Lipinski definition) is 2. The van der Waals surface area contributed by atoms with Crippen molar-refractivity contribution in [2.24, 2.45) is 0 Å². The van der Waals surface area contributed by atoms with E-state index in [4.69, 9.17) is 16.3 Å². The molecule has 1 aromatic rings. The Morgan fingerprint density at radius 3 is 2.87 bits per heavy atom. The monoisotopic (exact) mass is 226 g/mol. The topological polar surface area (TPSA) is 26.3 Å². The molecular weight excluding hydrogens is 212 g/mol. The molecular formula is C12H15ClO2. The minimum absolute atomic E-state index is 0.347. The molecule has 0 aliphatic rings. The predicted molar refractivity (Wildman–Crippen MR) is 61.2 cm³/mol. The van der Waals surface area contributed by atoms with E-state index >= 15 is 0 Å². The van der Waals surface area contributed by atoms with Crippen molar-refractivity contribution < 1.29 is 9.53 Å². The molecule has 1 atom stereocenters. The smallest absolute Gasteiger partial charge is 0.324 e. The van der Waals surface area contributed by atoms with Crippen LogP contribution in [0.25, 0.3) is 0 Å². The highest BCUT2D eigenvalue weighted by Crippen LogP contribution is 2.11. The first-order valence-electron chi connectivity index (χ1n) is 4.99. The molecule has 0 spiro atoms. The molecule has 0 aliphatic heterocycles. The van der Waals surface area contributed by atoms with Gasteiger partial charge in [0.25, 0.3) is 0 Å². The Morgan fingerprint density at radius 2 is 2.27 bits per heavy atom. The lowest BCUT2D eigenvalue weighted by Gasteiger charge is -2.08. The minimum Gasteiger partial charge on any atom is -0.465 e. The Bertz CT molecular complexity index is 336. The number of esters is 1. The van der Waals surface area contributed by atoms with Crippen LogP contribution in [-0.2, 0) is 16.0 Å². The summed E-state index contributed by atoms with van der Waals surface area (Å²) < 4.78 is 4.84. The van der Waals surface area contributed by atoms with E-state index in [1.54, 1.807) is 6.92 Å². The number of carbonyl (C=O) groups is 1. The summed E-state index contributed by atoms with van der Waals surface area (Å²) in [5.41, 5.74) is 2.23. The van der Waals surface area contributed by atoms with Gasteiger partial charge in [0.15, 0.2) is 0 Å². The third-order valence-electron chi connectivity index (χ3n) is 2.04. The summed E-state index contributed by atoms with van der Waals surface area (Å²) >= 11 is 5.92. The summed E-state index contributed by atoms with van der Waals surface area (Å²) in [6.45, 7) is 4.15. The second-order valence-electron chi connectivity index (χ2n) is 3.41. The molecule has 0 N–H and O–H groups in total. The zero-order valence-corrected chi connectivity index (χ0v) is 9.75. The lowest BCUT2D eigenvalue weighted by molar-refractivity contribution is -0.142. The van der Waals surface area contributed by atoms with Gasteiger partial charge in [0.2, 0.25) is 0 Å². The standard InChI is InChI=1S/C12H15ClO2/c1-3-15-12(14)11(13)8-10-6-4-5-9(2)7-10/h4-7,11H,3,8H2,1-2H3. The fourth-order valence-corrected chi connectivity index (χ4v) is 1.60. The van der Waals surface area contributed by atoms with E-state index in [2.05, 4.69) is 0 Å². The van der Waals surface area contributed by atoms with E-state index in [9.17, 15) is 4.79 Å². The molecule has 0 saturated carbocycles. The van der Waals surface area contributed by atoms with Gasteiger partial charge < -0.3 is 4.74 Å². The number of carbonyl (C=O) groups excluding carboxylic acids is 1. The van der Waals surface area contributed by atoms with Gasteiger partial charge in [0.1, 0.15) is 5.38 Å². The van der Waals surface area contributed by atoms with Crippen LogP contribution in [0, 0.1) is 6.92 Å². The number of aryl methyl sites for hydroxylation is 1. The van der Waals surface area contributed by atoms with Gasteiger partial charge in [-0.2, -0.15) is 0 Å². The van der Waals surface area contributed by atoms with E-state index in [1.807, 2.05) is 31.2 Å². The molecule has 0 amide bonds. The Kier molecular flexibility index (Phi) is 4.63. The molecule has 0 fully saturated rings. The van der Waals surface area contributed by atoms with Crippen molar-refractivity contribution in [3.63, 3.8) is 0 Å². The summed E-state index contributed by atoms with van der Waals surface area (Å²) in [6.07, 6.45) is 0.516. The van der Waals surface area contributed by atoms with Crippen LogP contribution in [0.3, 0.4) is 0 Å². The summed E-state index contributed by atoms with van der Waals surface area (Å²) in [6, 6.07) is 7.95. The molecule has 0 bridgehead atoms. The van der Waals surface area contributed by atoms with Gasteiger partial charge in [-0.3, -0.25) is 4.79 Å². The first-order chi connectivity index (χ1) is 7.13. The highest BCUT2D eigenvalue weighted by Gasteiger charge is 2.16. The van der Waals surface area contributed by atoms with Gasteiger partial charge in [-0.15, -0.1) is 11.6 Å². The SMILES string of the molecule is CCOC(=O)C(Cl)Cc1cccc(C)c1. The lowest BCUT2D eigenvalue weighted by Crippen LogP contribution is -2.20. The largest absolute Gasteiger partial charge is 0.465 e. The van der Waals surface area contributed by atoms with Crippen LogP contribution < -0.4 is 0 Å². The lowest BCUT2D eigenvalue weighted by atomic mass is 10.1. The fraction of sp³-hybridized carbons (Fsp3) is 0.417. The third kappa shape index (κ3) is 3.92. The molecule has 1 aromatic carbocycles. The van der Waals surface area contributed by atoms with Crippen LogP contribution in [0.2, 0.25) is 0 Å². The predicted octanol–water partition coefficient (Wildman–Crippen LogP) is 2.71. The van der Waals surface area contributed by atoms with E-state index in [1.165, 1.54) is 5.56 Å². The van der Waals surface area contributed by atoms with E-state index in [0.29, 0.717) is 13.0 Å². The first-order valence-corrected chi connectivity index (χ1v) is 5.43. The second-order valence-corrected chi connectivity index (χ2v) is 3.94. The number of alkyl halides is 1. The maximum Gasteiger partial charge on any atom is 0.324 e. The molecule has 0 aliphatic carbocycles. The Morgan fingerprint density at radius 1 is 1.53 bits per heavy atom. The van der Waals surface area contributed by atoms with Gasteiger partial charge >= 0.3 is 5.97 Å². The van der Waals surface area contributed by atoms with Crippen molar-refractivity contribution in [2.45, 2.75) is 25.6 Å². The molecule has 1 rings (SSSR count). The van der Waals surface area contributed by atoms with E-state index < -0.39 is 5.38 Å². The number of hydrogen-bond donors (Lipinski definition) is 0. The van der Waals surface area contributed by atoms with Crippen LogP contribution in [-0.4, -0.2) is 18.0 Å². The van der Waals surface area contributed by atoms with Gasteiger partial charge in [0.05, 0.1) is 6.61 Å². The molecule has 0 heterocycles. The average Bonchev–Trinajstić information content (AvgIpc) is 2.18. The second kappa shape index (κ2) is 5.76. The van der Waals surface area contributed by atoms with Crippen molar-refractivity contribution in [3.8, 4) is 0 Å². The Hall–Kier alpha value is -1.02. The summed E-state index contributed by atoms with van der Waals surface area (Å²) in [5.74, 6) is -0.347. The van der Waals surface area contributed by atoms with E-state index in [0.717, 1.165) is 5.56 Å². The molecule has 15 heavy (non-hydrogen) atoms. The van der Waals surface area contributed by atoms with Crippen LogP contribution in [0.4, 0.5) is 0 Å². The third-order valence-corrected chi connectivity index (χ3v) is 2.37. The molecule has 3 heteroatoms. The highest BCUT2D eigenvalue weighted by molar-refractivity contribution is 6.30. The molecule has 2 nitrogen and oxygen atoms in total. The van der Waals surface area contributed by atoms with Crippen molar-refractivity contribution >= 4 is 17.6 Å². The van der Waals surface area contributed by atoms with Gasteiger partial charge in [-0.25, -0.2) is 0 Å². The van der Waals surface area contributed by atoms with Crippen molar-refractivity contribution in [3.05, 3.63) is 35.4 Å². The number of benzene rings is 1. The number of ether oxygens (including phenoxy) is 1. The quantitative estimate of drug-likeness (QED) is 0.583. The van der Waals surface area contributed by atoms with Gasteiger partial charge in [-0.05, 0) is 25.8 Å². The normalized spacial score (nSPS) is 12.2. The molecule has 1 unspecified atom stereocenters. The van der Waals surface area contributed by atoms with Gasteiger partial charge in [-0.1, -0.05) is 29.8 Å². The van der Waals surface area contributed by atoms with Crippen molar-refractivity contribution in [1.29, 1.82) is 0 Å². The first kappa shape index (κ1) is 12.1. The van der Waals surface area contributed by atoms with Crippen LogP contribution in [0.1, 0.15) is 18.1 Å². The van der Waals surface area contributed by atoms with Crippen LogP contribution in [0.15, 0.2) is 24.3 Å². The zero-order chi connectivity index (χ0) is 11.3. The molecule has 82 valence electrons. The Labute approximate surface area is 95.2 Å². The summed E-state index contributed by atoms with van der Waals surface area (Å²) in [4.78, 5) is 11.3. The fourth-order valence-electron chi connectivity index (χ4n) is 1.36. The summed E-state index contributed by atoms with van der Waals surface area (Å²) in [7, 11) is 0. The van der Waals surface area contributed by atoms with Crippen LogP contribution in [0.5, 0.6) is 0 Å². The average molecular weight is 227 g/mol. The van der Waals surface area contributed by atoms with E-state index in [-0.39, 0.29) is 5.97 Å². The molecule has 0 radical (unpaired) electrons. The summed E-state index contributed by atoms with van der Waals surface area (Å²) in [5, 5.41) is -0.591. The zero-order valence-electron chi connectivity index (χ0n) is 9.00. The maximum atomic E-state index is 11.3. The van der Waals surface area contributed by atoms with Gasteiger partial charge in [0, 0.05) is 0 Å². The number of halogens is 1.